The molecule has 1 atom stereocenters. The molecule has 4 heteroatoms. The summed E-state index contributed by atoms with van der Waals surface area (Å²) in [5.41, 5.74) is 3.40. The predicted octanol–water partition coefficient (Wildman–Crippen LogP) is 3.15. The van der Waals surface area contributed by atoms with Crippen LogP contribution >= 0.6 is 0 Å². The van der Waals surface area contributed by atoms with E-state index in [-0.39, 0.29) is 6.04 Å². The van der Waals surface area contributed by atoms with Gasteiger partial charge in [0.1, 0.15) is 0 Å². The summed E-state index contributed by atoms with van der Waals surface area (Å²) >= 11 is 0. The van der Waals surface area contributed by atoms with E-state index in [0.717, 1.165) is 23.9 Å². The van der Waals surface area contributed by atoms with Gasteiger partial charge in [0, 0.05) is 29.9 Å². The third-order valence-corrected chi connectivity index (χ3v) is 3.70. The third kappa shape index (κ3) is 2.67. The van der Waals surface area contributed by atoms with Crippen LogP contribution in [0.25, 0.3) is 10.9 Å². The molecule has 1 N–H and O–H groups in total. The Morgan fingerprint density at radius 2 is 2.10 bits per heavy atom. The first-order valence-electron chi connectivity index (χ1n) is 7.36. The monoisotopic (exact) mass is 280 g/mol. The summed E-state index contributed by atoms with van der Waals surface area (Å²) in [6.07, 6.45) is 6.99. The van der Waals surface area contributed by atoms with E-state index in [2.05, 4.69) is 52.8 Å². The molecule has 108 valence electrons. The maximum atomic E-state index is 4.55. The molecule has 4 nitrogen and oxygen atoms in total. The molecular formula is C17H20N4. The molecule has 0 saturated heterocycles. The summed E-state index contributed by atoms with van der Waals surface area (Å²) in [6.45, 7) is 3.11. The van der Waals surface area contributed by atoms with Crippen LogP contribution in [0.2, 0.25) is 0 Å². The van der Waals surface area contributed by atoms with Crippen molar-refractivity contribution in [1.29, 1.82) is 0 Å². The SMILES string of the molecule is CCCn1cc(C(NC)c2cccc3cccnc23)cn1. The van der Waals surface area contributed by atoms with E-state index in [1.54, 1.807) is 0 Å². The first-order valence-corrected chi connectivity index (χ1v) is 7.36. The number of hydrogen-bond acceptors (Lipinski definition) is 3. The average Bonchev–Trinajstić information content (AvgIpc) is 2.97. The third-order valence-electron chi connectivity index (χ3n) is 3.70. The molecule has 0 saturated carbocycles. The number of para-hydroxylation sites is 1. The van der Waals surface area contributed by atoms with Crippen molar-refractivity contribution in [3.05, 3.63) is 60.0 Å². The van der Waals surface area contributed by atoms with Gasteiger partial charge in [0.05, 0.1) is 17.8 Å². The highest BCUT2D eigenvalue weighted by molar-refractivity contribution is 5.82. The lowest BCUT2D eigenvalue weighted by molar-refractivity contribution is 0.600. The number of aryl methyl sites for hydroxylation is 1. The van der Waals surface area contributed by atoms with Gasteiger partial charge in [0.15, 0.2) is 0 Å². The fraction of sp³-hybridized carbons (Fsp3) is 0.294. The van der Waals surface area contributed by atoms with Gasteiger partial charge in [-0.05, 0) is 25.1 Å². The molecule has 0 amide bonds. The Morgan fingerprint density at radius 1 is 1.24 bits per heavy atom. The fourth-order valence-electron chi connectivity index (χ4n) is 2.74. The molecule has 2 aromatic heterocycles. The lowest BCUT2D eigenvalue weighted by Crippen LogP contribution is -2.17. The molecule has 0 aliphatic rings. The molecule has 3 aromatic rings. The lowest BCUT2D eigenvalue weighted by atomic mass is 9.99. The van der Waals surface area contributed by atoms with E-state index in [9.17, 15) is 0 Å². The van der Waals surface area contributed by atoms with Crippen molar-refractivity contribution >= 4 is 10.9 Å². The molecule has 0 aliphatic heterocycles. The molecule has 21 heavy (non-hydrogen) atoms. The van der Waals surface area contributed by atoms with Crippen molar-refractivity contribution < 1.29 is 0 Å². The van der Waals surface area contributed by atoms with Crippen LogP contribution in [0.15, 0.2) is 48.9 Å². The van der Waals surface area contributed by atoms with Crippen molar-refractivity contribution in [2.24, 2.45) is 0 Å². The largest absolute Gasteiger partial charge is 0.309 e. The van der Waals surface area contributed by atoms with Gasteiger partial charge in [-0.1, -0.05) is 31.2 Å². The maximum Gasteiger partial charge on any atom is 0.0753 e. The van der Waals surface area contributed by atoms with Gasteiger partial charge in [0.2, 0.25) is 0 Å². The quantitative estimate of drug-likeness (QED) is 0.780. The van der Waals surface area contributed by atoms with Crippen LogP contribution in [0.1, 0.15) is 30.5 Å². The highest BCUT2D eigenvalue weighted by Gasteiger charge is 2.17. The van der Waals surface area contributed by atoms with E-state index in [0.29, 0.717) is 0 Å². The van der Waals surface area contributed by atoms with Crippen molar-refractivity contribution in [1.82, 2.24) is 20.1 Å². The van der Waals surface area contributed by atoms with Crippen LogP contribution < -0.4 is 5.32 Å². The van der Waals surface area contributed by atoms with Crippen molar-refractivity contribution in [2.75, 3.05) is 7.05 Å². The number of fused-ring (bicyclic) bond motifs is 1. The van der Waals surface area contributed by atoms with E-state index < -0.39 is 0 Å². The molecule has 3 rings (SSSR count). The van der Waals surface area contributed by atoms with Crippen LogP contribution in [0.5, 0.6) is 0 Å². The fourth-order valence-corrected chi connectivity index (χ4v) is 2.74. The number of aromatic nitrogens is 3. The van der Waals surface area contributed by atoms with E-state index in [1.165, 1.54) is 11.1 Å². The zero-order chi connectivity index (χ0) is 14.7. The predicted molar refractivity (Wildman–Crippen MR) is 85.2 cm³/mol. The summed E-state index contributed by atoms with van der Waals surface area (Å²) in [5.74, 6) is 0. The molecule has 1 aromatic carbocycles. The van der Waals surface area contributed by atoms with Crippen LogP contribution in [0, 0.1) is 0 Å². The van der Waals surface area contributed by atoms with Gasteiger partial charge in [0.25, 0.3) is 0 Å². The highest BCUT2D eigenvalue weighted by Crippen LogP contribution is 2.27. The number of pyridine rings is 1. The van der Waals surface area contributed by atoms with Crippen LogP contribution in [0.3, 0.4) is 0 Å². The lowest BCUT2D eigenvalue weighted by Gasteiger charge is -2.16. The second-order valence-electron chi connectivity index (χ2n) is 5.18. The molecule has 0 spiro atoms. The van der Waals surface area contributed by atoms with Crippen LogP contribution in [0.4, 0.5) is 0 Å². The summed E-state index contributed by atoms with van der Waals surface area (Å²) in [4.78, 5) is 4.55. The standard InChI is InChI=1S/C17H20N4/c1-3-10-21-12-14(11-20-21)16(18-2)15-8-4-6-13-7-5-9-19-17(13)15/h4-9,11-12,16,18H,3,10H2,1-2H3. The van der Waals surface area contributed by atoms with Crippen molar-refractivity contribution in [3.63, 3.8) is 0 Å². The van der Waals surface area contributed by atoms with Gasteiger partial charge in [-0.3, -0.25) is 9.67 Å². The number of nitrogens with one attached hydrogen (secondary N) is 1. The summed E-state index contributed by atoms with van der Waals surface area (Å²) in [5, 5.41) is 8.99. The van der Waals surface area contributed by atoms with Gasteiger partial charge in [-0.15, -0.1) is 0 Å². The average molecular weight is 280 g/mol. The summed E-state index contributed by atoms with van der Waals surface area (Å²) in [6, 6.07) is 10.5. The molecule has 1 unspecified atom stereocenters. The number of hydrogen-bond donors (Lipinski definition) is 1. The topological polar surface area (TPSA) is 42.7 Å². The second-order valence-corrected chi connectivity index (χ2v) is 5.18. The Kier molecular flexibility index (Phi) is 3.97. The zero-order valence-electron chi connectivity index (χ0n) is 12.5. The minimum Gasteiger partial charge on any atom is -0.309 e. The molecule has 0 bridgehead atoms. The summed E-state index contributed by atoms with van der Waals surface area (Å²) < 4.78 is 2.00. The van der Waals surface area contributed by atoms with Gasteiger partial charge in [-0.25, -0.2) is 0 Å². The smallest absolute Gasteiger partial charge is 0.0753 e. The molecular weight excluding hydrogens is 260 g/mol. The van der Waals surface area contributed by atoms with Crippen LogP contribution in [-0.4, -0.2) is 21.8 Å². The normalized spacial score (nSPS) is 12.7. The minimum atomic E-state index is 0.106. The minimum absolute atomic E-state index is 0.106. The van der Waals surface area contributed by atoms with Gasteiger partial charge in [-0.2, -0.15) is 5.10 Å². The molecule has 0 fully saturated rings. The Morgan fingerprint density at radius 3 is 2.90 bits per heavy atom. The Hall–Kier alpha value is -2.20. The van der Waals surface area contributed by atoms with Crippen LogP contribution in [-0.2, 0) is 6.54 Å². The van der Waals surface area contributed by atoms with E-state index >= 15 is 0 Å². The Labute approximate surface area is 124 Å². The van der Waals surface area contributed by atoms with Crippen molar-refractivity contribution in [2.45, 2.75) is 25.9 Å². The highest BCUT2D eigenvalue weighted by atomic mass is 15.3. The van der Waals surface area contributed by atoms with Gasteiger partial charge < -0.3 is 5.32 Å². The molecule has 0 radical (unpaired) electrons. The second kappa shape index (κ2) is 6.06. The molecule has 2 heterocycles. The Bertz CT molecular complexity index is 727. The first kappa shape index (κ1) is 13.8. The maximum absolute atomic E-state index is 4.55. The summed E-state index contributed by atoms with van der Waals surface area (Å²) in [7, 11) is 1.98. The first-order chi connectivity index (χ1) is 10.3. The number of benzene rings is 1. The van der Waals surface area contributed by atoms with Crippen molar-refractivity contribution in [3.8, 4) is 0 Å². The van der Waals surface area contributed by atoms with E-state index in [4.69, 9.17) is 0 Å². The van der Waals surface area contributed by atoms with E-state index in [1.807, 2.05) is 30.2 Å². The number of rotatable bonds is 5. The number of nitrogens with zero attached hydrogens (tertiary/aromatic N) is 3. The zero-order valence-corrected chi connectivity index (χ0v) is 12.5. The molecule has 0 aliphatic carbocycles. The van der Waals surface area contributed by atoms with Gasteiger partial charge >= 0.3 is 0 Å². The Balaban J connectivity index is 2.05.